The third-order valence-electron chi connectivity index (χ3n) is 4.46. The summed E-state index contributed by atoms with van der Waals surface area (Å²) in [6.45, 7) is 8.35. The summed E-state index contributed by atoms with van der Waals surface area (Å²) in [6.07, 6.45) is 3.59. The molecule has 6 nitrogen and oxygen atoms in total. The molecule has 22 heavy (non-hydrogen) atoms. The molecule has 1 amide bonds. The van der Waals surface area contributed by atoms with Crippen LogP contribution in [0.1, 0.15) is 32.0 Å². The molecule has 2 fully saturated rings. The summed E-state index contributed by atoms with van der Waals surface area (Å²) in [7, 11) is 0. The van der Waals surface area contributed by atoms with Crippen molar-refractivity contribution in [3.05, 3.63) is 5.82 Å². The SMILES string of the molecule is Cc1nsc(N2CCCN(CC(=O)N[C@@H](C)C3CC3)CC2)n1. The van der Waals surface area contributed by atoms with Crippen molar-refractivity contribution < 1.29 is 4.79 Å². The third-order valence-corrected chi connectivity index (χ3v) is 5.33. The highest BCUT2D eigenvalue weighted by Gasteiger charge is 2.29. The Bertz CT molecular complexity index is 516. The van der Waals surface area contributed by atoms with Crippen molar-refractivity contribution in [1.29, 1.82) is 0 Å². The van der Waals surface area contributed by atoms with Gasteiger partial charge in [0.2, 0.25) is 11.0 Å². The van der Waals surface area contributed by atoms with Crippen molar-refractivity contribution >= 4 is 22.6 Å². The van der Waals surface area contributed by atoms with Crippen LogP contribution in [0.2, 0.25) is 0 Å². The van der Waals surface area contributed by atoms with Gasteiger partial charge in [-0.1, -0.05) is 0 Å². The lowest BCUT2D eigenvalue weighted by molar-refractivity contribution is -0.122. The summed E-state index contributed by atoms with van der Waals surface area (Å²) >= 11 is 1.47. The van der Waals surface area contributed by atoms with E-state index >= 15 is 0 Å². The number of amides is 1. The van der Waals surface area contributed by atoms with Gasteiger partial charge in [-0.2, -0.15) is 4.37 Å². The molecule has 0 unspecified atom stereocenters. The van der Waals surface area contributed by atoms with Crippen LogP contribution < -0.4 is 10.2 Å². The summed E-state index contributed by atoms with van der Waals surface area (Å²) in [5.41, 5.74) is 0. The van der Waals surface area contributed by atoms with Gasteiger partial charge in [0.05, 0.1) is 6.54 Å². The van der Waals surface area contributed by atoms with Crippen LogP contribution in [0, 0.1) is 12.8 Å². The fourth-order valence-corrected chi connectivity index (χ4v) is 3.68. The molecule has 0 aromatic carbocycles. The number of carbonyl (C=O) groups excluding carboxylic acids is 1. The van der Waals surface area contributed by atoms with Crippen LogP contribution in [-0.4, -0.2) is 58.9 Å². The van der Waals surface area contributed by atoms with Gasteiger partial charge < -0.3 is 10.2 Å². The molecule has 1 atom stereocenters. The van der Waals surface area contributed by atoms with Gasteiger partial charge in [-0.05, 0) is 39.0 Å². The molecule has 1 N–H and O–H groups in total. The number of rotatable bonds is 5. The quantitative estimate of drug-likeness (QED) is 0.884. The van der Waals surface area contributed by atoms with Gasteiger partial charge in [-0.15, -0.1) is 0 Å². The molecule has 1 saturated heterocycles. The Balaban J connectivity index is 1.46. The molecular formula is C15H25N5OS. The van der Waals surface area contributed by atoms with Gasteiger partial charge in [0.1, 0.15) is 5.82 Å². The van der Waals surface area contributed by atoms with Crippen molar-refractivity contribution in [3.63, 3.8) is 0 Å². The van der Waals surface area contributed by atoms with Crippen LogP contribution in [0.25, 0.3) is 0 Å². The molecule has 1 saturated carbocycles. The Morgan fingerprint density at radius 1 is 1.36 bits per heavy atom. The van der Waals surface area contributed by atoms with E-state index in [9.17, 15) is 4.79 Å². The first-order valence-corrected chi connectivity index (χ1v) is 8.96. The second kappa shape index (κ2) is 6.91. The van der Waals surface area contributed by atoms with E-state index in [2.05, 4.69) is 31.4 Å². The number of carbonyl (C=O) groups is 1. The van der Waals surface area contributed by atoms with Crippen molar-refractivity contribution in [3.8, 4) is 0 Å². The van der Waals surface area contributed by atoms with Crippen molar-refractivity contribution in [2.45, 2.75) is 39.2 Å². The van der Waals surface area contributed by atoms with E-state index in [1.165, 1.54) is 24.4 Å². The highest BCUT2D eigenvalue weighted by atomic mass is 32.1. The summed E-state index contributed by atoms with van der Waals surface area (Å²) in [5.74, 6) is 1.72. The molecular weight excluding hydrogens is 298 g/mol. The number of nitrogens with zero attached hydrogens (tertiary/aromatic N) is 4. The van der Waals surface area contributed by atoms with Crippen LogP contribution in [0.3, 0.4) is 0 Å². The maximum atomic E-state index is 12.1. The molecule has 2 heterocycles. The Kier molecular flexibility index (Phi) is 4.93. The summed E-state index contributed by atoms with van der Waals surface area (Å²) in [6, 6.07) is 0.334. The summed E-state index contributed by atoms with van der Waals surface area (Å²) in [4.78, 5) is 21.1. The van der Waals surface area contributed by atoms with Gasteiger partial charge >= 0.3 is 0 Å². The molecule has 3 rings (SSSR count). The average Bonchev–Trinajstić information content (AvgIpc) is 3.26. The highest BCUT2D eigenvalue weighted by molar-refractivity contribution is 7.09. The molecule has 1 aliphatic heterocycles. The minimum absolute atomic E-state index is 0.166. The molecule has 7 heteroatoms. The fraction of sp³-hybridized carbons (Fsp3) is 0.800. The molecule has 2 aliphatic rings. The zero-order chi connectivity index (χ0) is 15.5. The maximum Gasteiger partial charge on any atom is 0.234 e. The van der Waals surface area contributed by atoms with Gasteiger partial charge in [0.15, 0.2) is 0 Å². The standard InChI is InChI=1S/C15H25N5OS/c1-11(13-4-5-13)16-14(21)10-19-6-3-7-20(9-8-19)15-17-12(2)18-22-15/h11,13H,3-10H2,1-2H3,(H,16,21)/t11-/m0/s1. The fourth-order valence-electron chi connectivity index (χ4n) is 2.95. The molecule has 0 spiro atoms. The second-order valence-electron chi connectivity index (χ2n) is 6.43. The van der Waals surface area contributed by atoms with Crippen LogP contribution in [-0.2, 0) is 4.79 Å². The van der Waals surface area contributed by atoms with Crippen LogP contribution in [0.4, 0.5) is 5.13 Å². The van der Waals surface area contributed by atoms with E-state index in [1.807, 2.05) is 6.92 Å². The first kappa shape index (κ1) is 15.7. The monoisotopic (exact) mass is 323 g/mol. The Hall–Kier alpha value is -1.21. The summed E-state index contributed by atoms with van der Waals surface area (Å²) in [5, 5.41) is 4.15. The predicted molar refractivity (Wildman–Crippen MR) is 88.2 cm³/mol. The molecule has 1 aromatic heterocycles. The topological polar surface area (TPSA) is 61.4 Å². The van der Waals surface area contributed by atoms with Crippen molar-refractivity contribution in [2.24, 2.45) is 5.92 Å². The van der Waals surface area contributed by atoms with Crippen LogP contribution >= 0.6 is 11.5 Å². The van der Waals surface area contributed by atoms with E-state index in [-0.39, 0.29) is 5.91 Å². The number of anilines is 1. The molecule has 0 bridgehead atoms. The average molecular weight is 323 g/mol. The molecule has 122 valence electrons. The van der Waals surface area contributed by atoms with E-state index in [4.69, 9.17) is 0 Å². The van der Waals surface area contributed by atoms with Gasteiger partial charge in [-0.3, -0.25) is 9.69 Å². The normalized spacial score (nSPS) is 21.5. The Morgan fingerprint density at radius 2 is 2.18 bits per heavy atom. The molecule has 1 aliphatic carbocycles. The van der Waals surface area contributed by atoms with Crippen LogP contribution in [0.5, 0.6) is 0 Å². The number of hydrogen-bond donors (Lipinski definition) is 1. The number of aromatic nitrogens is 2. The summed E-state index contributed by atoms with van der Waals surface area (Å²) < 4.78 is 4.26. The van der Waals surface area contributed by atoms with Gasteiger partial charge in [0, 0.05) is 43.8 Å². The lowest BCUT2D eigenvalue weighted by atomic mass is 10.2. The number of aryl methyl sites for hydroxylation is 1. The van der Waals surface area contributed by atoms with E-state index in [0.717, 1.165) is 43.6 Å². The van der Waals surface area contributed by atoms with Gasteiger partial charge in [-0.25, -0.2) is 4.98 Å². The minimum Gasteiger partial charge on any atom is -0.352 e. The predicted octanol–water partition coefficient (Wildman–Crippen LogP) is 1.27. The first-order chi connectivity index (χ1) is 10.6. The van der Waals surface area contributed by atoms with E-state index in [1.54, 1.807) is 0 Å². The molecule has 0 radical (unpaired) electrons. The van der Waals surface area contributed by atoms with Gasteiger partial charge in [0.25, 0.3) is 0 Å². The minimum atomic E-state index is 0.166. The lowest BCUT2D eigenvalue weighted by Gasteiger charge is -2.22. The smallest absolute Gasteiger partial charge is 0.234 e. The number of hydrogen-bond acceptors (Lipinski definition) is 6. The second-order valence-corrected chi connectivity index (χ2v) is 7.16. The van der Waals surface area contributed by atoms with E-state index in [0.29, 0.717) is 18.5 Å². The largest absolute Gasteiger partial charge is 0.352 e. The Morgan fingerprint density at radius 3 is 2.86 bits per heavy atom. The highest BCUT2D eigenvalue weighted by Crippen LogP contribution is 2.32. The number of nitrogens with one attached hydrogen (secondary N) is 1. The maximum absolute atomic E-state index is 12.1. The Labute approximate surface area is 136 Å². The van der Waals surface area contributed by atoms with Crippen LogP contribution in [0.15, 0.2) is 0 Å². The first-order valence-electron chi connectivity index (χ1n) is 8.19. The third kappa shape index (κ3) is 4.16. The zero-order valence-electron chi connectivity index (χ0n) is 13.4. The zero-order valence-corrected chi connectivity index (χ0v) is 14.2. The van der Waals surface area contributed by atoms with Crippen molar-refractivity contribution in [2.75, 3.05) is 37.6 Å². The molecule has 1 aromatic rings. The van der Waals surface area contributed by atoms with Crippen molar-refractivity contribution in [1.82, 2.24) is 19.6 Å². The lowest BCUT2D eigenvalue weighted by Crippen LogP contribution is -2.43. The van der Waals surface area contributed by atoms with E-state index < -0.39 is 0 Å².